The topological polar surface area (TPSA) is 73.4 Å². The number of aromatic amines is 1. The fraction of sp³-hybridized carbons (Fsp3) is 0.158. The van der Waals surface area contributed by atoms with Crippen molar-refractivity contribution in [1.29, 1.82) is 0 Å². The Hall–Kier alpha value is -3.15. The van der Waals surface area contributed by atoms with Crippen molar-refractivity contribution in [3.8, 4) is 0 Å². The minimum absolute atomic E-state index is 0.271. The number of H-pyrrole nitrogens is 1. The van der Waals surface area contributed by atoms with E-state index >= 15 is 0 Å². The van der Waals surface area contributed by atoms with Gasteiger partial charge in [-0.25, -0.2) is 9.18 Å². The summed E-state index contributed by atoms with van der Waals surface area (Å²) < 4.78 is 13.1. The average Bonchev–Trinajstić information content (AvgIpc) is 2.99. The van der Waals surface area contributed by atoms with Crippen LogP contribution >= 0.6 is 0 Å². The number of carbonyl (C=O) groups excluding carboxylic acids is 1. The molecule has 4 rings (SSSR count). The number of rotatable bonds is 2. The maximum atomic E-state index is 13.1. The van der Waals surface area contributed by atoms with Crippen LogP contribution in [0.1, 0.15) is 27.7 Å². The van der Waals surface area contributed by atoms with Crippen LogP contribution in [0.25, 0.3) is 10.9 Å². The van der Waals surface area contributed by atoms with E-state index in [0.717, 1.165) is 16.5 Å². The molecule has 2 aromatic carbocycles. The number of amides is 1. The third kappa shape index (κ3) is 2.46. The fourth-order valence-corrected chi connectivity index (χ4v) is 3.47. The van der Waals surface area contributed by atoms with Gasteiger partial charge < -0.3 is 15.0 Å². The summed E-state index contributed by atoms with van der Waals surface area (Å²) in [5.74, 6) is -1.96. The highest BCUT2D eigenvalue weighted by Crippen LogP contribution is 2.35. The van der Waals surface area contributed by atoms with Gasteiger partial charge in [0.2, 0.25) is 0 Å². The Morgan fingerprint density at radius 1 is 1.12 bits per heavy atom. The quantitative estimate of drug-likeness (QED) is 0.754. The normalized spacial score (nSPS) is 16.7. The van der Waals surface area contributed by atoms with Gasteiger partial charge >= 0.3 is 5.97 Å². The van der Waals surface area contributed by atoms with Crippen LogP contribution in [0, 0.1) is 5.82 Å². The van der Waals surface area contributed by atoms with Gasteiger partial charge in [-0.3, -0.25) is 4.79 Å². The summed E-state index contributed by atoms with van der Waals surface area (Å²) in [5, 5.41) is 10.7. The van der Waals surface area contributed by atoms with E-state index in [9.17, 15) is 19.1 Å². The smallest absolute Gasteiger partial charge is 0.332 e. The first-order valence-corrected chi connectivity index (χ1v) is 7.95. The fourth-order valence-electron chi connectivity index (χ4n) is 3.47. The highest BCUT2D eigenvalue weighted by molar-refractivity contribution is 5.98. The highest BCUT2D eigenvalue weighted by Gasteiger charge is 2.38. The number of benzene rings is 2. The van der Waals surface area contributed by atoms with Crippen LogP contribution < -0.4 is 0 Å². The SMILES string of the molecule is O=C(O)C1c2[nH]c3ccccc3c2CCN1C(=O)c1ccc(F)cc1. The number of halogens is 1. The minimum Gasteiger partial charge on any atom is -0.479 e. The molecule has 6 heteroatoms. The molecule has 2 heterocycles. The summed E-state index contributed by atoms with van der Waals surface area (Å²) in [6, 6.07) is 11.7. The van der Waals surface area contributed by atoms with Gasteiger partial charge in [-0.05, 0) is 42.3 Å². The van der Waals surface area contributed by atoms with Crippen molar-refractivity contribution in [3.63, 3.8) is 0 Å². The Bertz CT molecular complexity index is 978. The number of hydrogen-bond donors (Lipinski definition) is 2. The van der Waals surface area contributed by atoms with E-state index in [2.05, 4.69) is 4.98 Å². The molecule has 0 saturated carbocycles. The number of nitrogens with one attached hydrogen (secondary N) is 1. The van der Waals surface area contributed by atoms with E-state index in [-0.39, 0.29) is 5.56 Å². The van der Waals surface area contributed by atoms with Gasteiger partial charge in [-0.2, -0.15) is 0 Å². The molecule has 25 heavy (non-hydrogen) atoms. The Morgan fingerprint density at radius 2 is 1.84 bits per heavy atom. The van der Waals surface area contributed by atoms with Crippen molar-refractivity contribution in [2.45, 2.75) is 12.5 Å². The lowest BCUT2D eigenvalue weighted by atomic mass is 9.96. The predicted octanol–water partition coefficient (Wildman–Crippen LogP) is 3.13. The maximum Gasteiger partial charge on any atom is 0.332 e. The van der Waals surface area contributed by atoms with E-state index in [1.165, 1.54) is 29.2 Å². The number of carboxylic acids is 1. The van der Waals surface area contributed by atoms with Gasteiger partial charge in [0, 0.05) is 23.0 Å². The molecule has 3 aromatic rings. The predicted molar refractivity (Wildman–Crippen MR) is 89.8 cm³/mol. The highest BCUT2D eigenvalue weighted by atomic mass is 19.1. The van der Waals surface area contributed by atoms with Gasteiger partial charge in [0.05, 0.1) is 5.69 Å². The molecule has 5 nitrogen and oxygen atoms in total. The zero-order chi connectivity index (χ0) is 17.6. The van der Waals surface area contributed by atoms with Crippen LogP contribution in [-0.2, 0) is 11.2 Å². The van der Waals surface area contributed by atoms with Gasteiger partial charge in [0.25, 0.3) is 5.91 Å². The molecule has 0 fully saturated rings. The molecule has 1 aromatic heterocycles. The number of carboxylic acid groups (broad SMARTS) is 1. The number of fused-ring (bicyclic) bond motifs is 3. The van der Waals surface area contributed by atoms with Crippen LogP contribution in [0.5, 0.6) is 0 Å². The minimum atomic E-state index is -1.09. The summed E-state index contributed by atoms with van der Waals surface area (Å²) in [4.78, 5) is 29.2. The molecule has 0 bridgehead atoms. The molecule has 0 spiro atoms. The molecule has 1 aliphatic rings. The molecule has 1 aliphatic heterocycles. The molecule has 1 amide bonds. The lowest BCUT2D eigenvalue weighted by Crippen LogP contribution is -2.43. The van der Waals surface area contributed by atoms with E-state index in [1.807, 2.05) is 24.3 Å². The van der Waals surface area contributed by atoms with Crippen molar-refractivity contribution in [3.05, 3.63) is 71.2 Å². The first-order chi connectivity index (χ1) is 12.1. The number of aliphatic carboxylic acids is 1. The van der Waals surface area contributed by atoms with Crippen molar-refractivity contribution in [1.82, 2.24) is 9.88 Å². The zero-order valence-electron chi connectivity index (χ0n) is 13.2. The van der Waals surface area contributed by atoms with Crippen molar-refractivity contribution in [2.24, 2.45) is 0 Å². The molecular weight excluding hydrogens is 323 g/mol. The van der Waals surface area contributed by atoms with Crippen LogP contribution in [0.4, 0.5) is 4.39 Å². The monoisotopic (exact) mass is 338 g/mol. The van der Waals surface area contributed by atoms with E-state index < -0.39 is 23.7 Å². The van der Waals surface area contributed by atoms with E-state index in [0.29, 0.717) is 18.7 Å². The number of aromatic nitrogens is 1. The largest absolute Gasteiger partial charge is 0.479 e. The zero-order valence-corrected chi connectivity index (χ0v) is 13.2. The third-order valence-corrected chi connectivity index (χ3v) is 4.62. The number of carbonyl (C=O) groups is 2. The van der Waals surface area contributed by atoms with Crippen molar-refractivity contribution < 1.29 is 19.1 Å². The molecule has 126 valence electrons. The third-order valence-electron chi connectivity index (χ3n) is 4.62. The lowest BCUT2D eigenvalue weighted by Gasteiger charge is -2.33. The summed E-state index contributed by atoms with van der Waals surface area (Å²) in [6.45, 7) is 0.294. The molecular formula is C19H15FN2O3. The number of hydrogen-bond acceptors (Lipinski definition) is 2. The second kappa shape index (κ2) is 5.73. The standard InChI is InChI=1S/C19H15FN2O3/c20-12-7-5-11(6-8-12)18(23)22-10-9-14-13-3-1-2-4-15(13)21-16(14)17(22)19(24)25/h1-8,17,21H,9-10H2,(H,24,25). The van der Waals surface area contributed by atoms with E-state index in [1.54, 1.807) is 0 Å². The first kappa shape index (κ1) is 15.4. The van der Waals surface area contributed by atoms with Crippen LogP contribution in [-0.4, -0.2) is 33.4 Å². The molecule has 0 aliphatic carbocycles. The van der Waals surface area contributed by atoms with Gasteiger partial charge in [-0.15, -0.1) is 0 Å². The maximum absolute atomic E-state index is 13.1. The van der Waals surface area contributed by atoms with Crippen LogP contribution in [0.2, 0.25) is 0 Å². The Kier molecular flexibility index (Phi) is 3.53. The number of para-hydroxylation sites is 1. The molecule has 2 N–H and O–H groups in total. The first-order valence-electron chi connectivity index (χ1n) is 7.95. The summed E-state index contributed by atoms with van der Waals surface area (Å²) >= 11 is 0. The lowest BCUT2D eigenvalue weighted by molar-refractivity contribution is -0.143. The summed E-state index contributed by atoms with van der Waals surface area (Å²) in [6.07, 6.45) is 0.566. The second-order valence-corrected chi connectivity index (χ2v) is 6.06. The molecule has 0 saturated heterocycles. The van der Waals surface area contributed by atoms with Gasteiger partial charge in [-0.1, -0.05) is 18.2 Å². The summed E-state index contributed by atoms with van der Waals surface area (Å²) in [7, 11) is 0. The van der Waals surface area contributed by atoms with Gasteiger partial charge in [0.1, 0.15) is 5.82 Å². The second-order valence-electron chi connectivity index (χ2n) is 6.06. The number of nitrogens with zero attached hydrogens (tertiary/aromatic N) is 1. The van der Waals surface area contributed by atoms with Crippen LogP contribution in [0.15, 0.2) is 48.5 Å². The Morgan fingerprint density at radius 3 is 2.56 bits per heavy atom. The van der Waals surface area contributed by atoms with Crippen molar-refractivity contribution in [2.75, 3.05) is 6.54 Å². The molecule has 0 radical (unpaired) electrons. The molecule has 1 atom stereocenters. The van der Waals surface area contributed by atoms with E-state index in [4.69, 9.17) is 0 Å². The Labute approximate surface area is 142 Å². The van der Waals surface area contributed by atoms with Crippen LogP contribution in [0.3, 0.4) is 0 Å². The molecule has 1 unspecified atom stereocenters. The summed E-state index contributed by atoms with van der Waals surface area (Å²) in [5.41, 5.74) is 2.60. The Balaban J connectivity index is 1.78. The van der Waals surface area contributed by atoms with Crippen molar-refractivity contribution >= 4 is 22.8 Å². The van der Waals surface area contributed by atoms with Gasteiger partial charge in [0.15, 0.2) is 6.04 Å². The average molecular weight is 338 g/mol.